The van der Waals surface area contributed by atoms with Crippen LogP contribution in [0.3, 0.4) is 0 Å². The van der Waals surface area contributed by atoms with Gasteiger partial charge < -0.3 is 24.6 Å². The Morgan fingerprint density at radius 1 is 1.27 bits per heavy atom. The van der Waals surface area contributed by atoms with Gasteiger partial charge >= 0.3 is 0 Å². The number of nitrogens with zero attached hydrogens (tertiary/aromatic N) is 3. The fourth-order valence-corrected chi connectivity index (χ4v) is 2.00. The summed E-state index contributed by atoms with van der Waals surface area (Å²) in [5.74, 6) is 1.28. The molecule has 0 atom stereocenters. The number of hydrogen-bond donors (Lipinski definition) is 1. The van der Waals surface area contributed by atoms with Crippen LogP contribution in [0.2, 0.25) is 5.02 Å². The van der Waals surface area contributed by atoms with Crippen molar-refractivity contribution < 1.29 is 14.3 Å². The van der Waals surface area contributed by atoms with Crippen molar-refractivity contribution in [2.45, 2.75) is 0 Å². The summed E-state index contributed by atoms with van der Waals surface area (Å²) in [5.41, 5.74) is 0. The van der Waals surface area contributed by atoms with Crippen LogP contribution in [0.15, 0.2) is 29.3 Å². The van der Waals surface area contributed by atoms with Gasteiger partial charge in [0.15, 0.2) is 5.96 Å². The van der Waals surface area contributed by atoms with E-state index in [1.807, 2.05) is 24.1 Å². The molecule has 0 aliphatic heterocycles. The quantitative estimate of drug-likeness (QED) is 0.244. The van der Waals surface area contributed by atoms with Gasteiger partial charge in [-0.2, -0.15) is 0 Å². The van der Waals surface area contributed by atoms with Crippen molar-refractivity contribution in [1.82, 2.24) is 15.1 Å². The summed E-state index contributed by atoms with van der Waals surface area (Å²) in [5, 5.41) is 3.81. The third kappa shape index (κ3) is 10.0. The van der Waals surface area contributed by atoms with Crippen LogP contribution in [0, 0.1) is 0 Å². The van der Waals surface area contributed by atoms with Crippen LogP contribution < -0.4 is 10.1 Å². The van der Waals surface area contributed by atoms with Gasteiger partial charge in [0, 0.05) is 39.8 Å². The van der Waals surface area contributed by atoms with Crippen LogP contribution in [0.25, 0.3) is 0 Å². The van der Waals surface area contributed by atoms with E-state index in [0.717, 1.165) is 5.75 Å². The number of aliphatic imine (C=N–C) groups is 1. The SMILES string of the molecule is COCCNC(=NCC(=O)N(C)C)N(C)CCOc1cccc(Cl)c1.I. The lowest BCUT2D eigenvalue weighted by Crippen LogP contribution is -2.42. The molecule has 1 rings (SSSR count). The number of carbonyl (C=O) groups is 1. The van der Waals surface area contributed by atoms with Crippen LogP contribution in [-0.2, 0) is 9.53 Å². The van der Waals surface area contributed by atoms with Gasteiger partial charge in [-0.3, -0.25) is 4.79 Å². The number of nitrogens with one attached hydrogen (secondary N) is 1. The van der Waals surface area contributed by atoms with E-state index in [2.05, 4.69) is 10.3 Å². The molecule has 0 fully saturated rings. The molecule has 0 spiro atoms. The molecule has 1 amide bonds. The normalized spacial score (nSPS) is 10.7. The maximum absolute atomic E-state index is 11.7. The van der Waals surface area contributed by atoms with Crippen LogP contribution in [-0.4, -0.2) is 82.8 Å². The van der Waals surface area contributed by atoms with Gasteiger partial charge in [0.05, 0.1) is 13.2 Å². The Kier molecular flexibility index (Phi) is 13.2. The standard InChI is InChI=1S/C17H27ClN4O3.HI/c1-21(2)16(23)13-20-17(19-8-10-24-4)22(3)9-11-25-15-7-5-6-14(18)12-15;/h5-7,12H,8-11,13H2,1-4H3,(H,19,20);1H. The number of likely N-dealkylation sites (N-methyl/N-ethyl adjacent to an activating group) is 2. The third-order valence-corrected chi connectivity index (χ3v) is 3.54. The van der Waals surface area contributed by atoms with Crippen molar-refractivity contribution in [1.29, 1.82) is 0 Å². The second-order valence-corrected chi connectivity index (χ2v) is 6.01. The van der Waals surface area contributed by atoms with Gasteiger partial charge in [-0.05, 0) is 18.2 Å². The maximum atomic E-state index is 11.7. The zero-order valence-corrected chi connectivity index (χ0v) is 18.8. The lowest BCUT2D eigenvalue weighted by Gasteiger charge is -2.22. The summed E-state index contributed by atoms with van der Waals surface area (Å²) in [6, 6.07) is 7.26. The number of amides is 1. The number of methoxy groups -OCH3 is 1. The van der Waals surface area contributed by atoms with Crippen LogP contribution in [0.4, 0.5) is 0 Å². The molecule has 0 aromatic heterocycles. The van der Waals surface area contributed by atoms with Gasteiger partial charge in [0.25, 0.3) is 0 Å². The molecular weight excluding hydrogens is 471 g/mol. The first-order valence-electron chi connectivity index (χ1n) is 8.01. The van der Waals surface area contributed by atoms with Crippen LogP contribution in [0.1, 0.15) is 0 Å². The second-order valence-electron chi connectivity index (χ2n) is 5.57. The highest BCUT2D eigenvalue weighted by molar-refractivity contribution is 14.0. The predicted molar refractivity (Wildman–Crippen MR) is 116 cm³/mol. The zero-order chi connectivity index (χ0) is 18.7. The fourth-order valence-electron chi connectivity index (χ4n) is 1.82. The summed E-state index contributed by atoms with van der Waals surface area (Å²) in [4.78, 5) is 19.5. The Labute approximate surface area is 177 Å². The molecule has 0 aliphatic carbocycles. The van der Waals surface area contributed by atoms with Gasteiger partial charge in [0.2, 0.25) is 5.91 Å². The van der Waals surface area contributed by atoms with Crippen LogP contribution in [0.5, 0.6) is 5.75 Å². The Bertz CT molecular complexity index is 573. The molecule has 1 aromatic rings. The molecule has 9 heteroatoms. The van der Waals surface area contributed by atoms with Gasteiger partial charge in [-0.15, -0.1) is 24.0 Å². The topological polar surface area (TPSA) is 66.4 Å². The highest BCUT2D eigenvalue weighted by atomic mass is 127. The second kappa shape index (κ2) is 13.9. The summed E-state index contributed by atoms with van der Waals surface area (Å²) in [7, 11) is 6.94. The Hall–Kier alpha value is -1.26. The van der Waals surface area contributed by atoms with E-state index in [4.69, 9.17) is 21.1 Å². The van der Waals surface area contributed by atoms with E-state index < -0.39 is 0 Å². The Morgan fingerprint density at radius 3 is 2.62 bits per heavy atom. The summed E-state index contributed by atoms with van der Waals surface area (Å²) >= 11 is 5.94. The molecular formula is C17H28ClIN4O3. The van der Waals surface area contributed by atoms with E-state index in [9.17, 15) is 4.79 Å². The van der Waals surface area contributed by atoms with Crippen molar-refractivity contribution in [3.8, 4) is 5.75 Å². The average molecular weight is 499 g/mol. The molecule has 26 heavy (non-hydrogen) atoms. The molecule has 0 aliphatic rings. The average Bonchev–Trinajstić information content (AvgIpc) is 2.57. The number of hydrogen-bond acceptors (Lipinski definition) is 4. The van der Waals surface area contributed by atoms with Crippen molar-refractivity contribution in [3.63, 3.8) is 0 Å². The van der Waals surface area contributed by atoms with Gasteiger partial charge in [0.1, 0.15) is 18.9 Å². The van der Waals surface area contributed by atoms with E-state index in [-0.39, 0.29) is 36.4 Å². The van der Waals surface area contributed by atoms with E-state index in [1.54, 1.807) is 33.3 Å². The Morgan fingerprint density at radius 2 is 2.00 bits per heavy atom. The lowest BCUT2D eigenvalue weighted by molar-refractivity contribution is -0.127. The first-order chi connectivity index (χ1) is 11.9. The number of carbonyl (C=O) groups excluding carboxylic acids is 1. The van der Waals surface area contributed by atoms with Crippen molar-refractivity contribution >= 4 is 47.4 Å². The fraction of sp³-hybridized carbons (Fsp3) is 0.529. The van der Waals surface area contributed by atoms with Crippen molar-refractivity contribution in [3.05, 3.63) is 29.3 Å². The van der Waals surface area contributed by atoms with Gasteiger partial charge in [-0.25, -0.2) is 4.99 Å². The summed E-state index contributed by atoms with van der Waals surface area (Å²) < 4.78 is 10.7. The number of ether oxygens (including phenoxy) is 2. The zero-order valence-electron chi connectivity index (χ0n) is 15.7. The highest BCUT2D eigenvalue weighted by Gasteiger charge is 2.09. The molecule has 0 saturated carbocycles. The molecule has 0 unspecified atom stereocenters. The minimum absolute atomic E-state index is 0. The van der Waals surface area contributed by atoms with Crippen molar-refractivity contribution in [2.75, 3.05) is 61.1 Å². The predicted octanol–water partition coefficient (Wildman–Crippen LogP) is 1.95. The third-order valence-electron chi connectivity index (χ3n) is 3.31. The maximum Gasteiger partial charge on any atom is 0.243 e. The van der Waals surface area contributed by atoms with E-state index >= 15 is 0 Å². The molecule has 1 N–H and O–H groups in total. The highest BCUT2D eigenvalue weighted by Crippen LogP contribution is 2.16. The molecule has 148 valence electrons. The number of rotatable bonds is 9. The summed E-state index contributed by atoms with van der Waals surface area (Å²) in [6.07, 6.45) is 0. The number of halogens is 2. The number of benzene rings is 1. The monoisotopic (exact) mass is 498 g/mol. The first-order valence-corrected chi connectivity index (χ1v) is 8.38. The largest absolute Gasteiger partial charge is 0.492 e. The Balaban J connectivity index is 0.00000625. The molecule has 0 heterocycles. The first kappa shape index (κ1) is 24.7. The molecule has 7 nitrogen and oxygen atoms in total. The summed E-state index contributed by atoms with van der Waals surface area (Å²) in [6.45, 7) is 2.30. The van der Waals surface area contributed by atoms with E-state index in [0.29, 0.717) is 37.3 Å². The number of guanidine groups is 1. The molecule has 0 bridgehead atoms. The minimum Gasteiger partial charge on any atom is -0.492 e. The van der Waals surface area contributed by atoms with Crippen LogP contribution >= 0.6 is 35.6 Å². The molecule has 1 aromatic carbocycles. The molecule has 0 saturated heterocycles. The van der Waals surface area contributed by atoms with Crippen molar-refractivity contribution in [2.24, 2.45) is 4.99 Å². The lowest BCUT2D eigenvalue weighted by atomic mass is 10.3. The van der Waals surface area contributed by atoms with Gasteiger partial charge in [-0.1, -0.05) is 17.7 Å². The minimum atomic E-state index is -0.0605. The smallest absolute Gasteiger partial charge is 0.243 e. The van der Waals surface area contributed by atoms with E-state index in [1.165, 1.54) is 4.90 Å². The molecule has 0 radical (unpaired) electrons.